The van der Waals surface area contributed by atoms with Crippen LogP contribution in [0.4, 0.5) is 5.13 Å². The van der Waals surface area contributed by atoms with Gasteiger partial charge in [-0.1, -0.05) is 6.92 Å². The van der Waals surface area contributed by atoms with E-state index in [4.69, 9.17) is 10.7 Å². The Labute approximate surface area is 101 Å². The number of thiazole rings is 1. The van der Waals surface area contributed by atoms with E-state index in [1.165, 1.54) is 41.5 Å². The average Bonchev–Trinajstić information content (AvgIpc) is 3.02. The van der Waals surface area contributed by atoms with Gasteiger partial charge in [-0.2, -0.15) is 0 Å². The lowest BCUT2D eigenvalue weighted by Gasteiger charge is -2.26. The van der Waals surface area contributed by atoms with Crippen LogP contribution in [-0.2, 0) is 13.0 Å². The summed E-state index contributed by atoms with van der Waals surface area (Å²) in [7, 11) is 0. The zero-order valence-corrected chi connectivity index (χ0v) is 10.6. The predicted molar refractivity (Wildman–Crippen MR) is 67.9 cm³/mol. The molecule has 3 rings (SSSR count). The number of piperidine rings is 1. The van der Waals surface area contributed by atoms with Crippen molar-refractivity contribution < 1.29 is 0 Å². The number of nitrogens with two attached hydrogens (primary N) is 1. The molecular weight excluding hydrogens is 218 g/mol. The standard InChI is InChI=1S/C12H19N3S/c1-2-10-11(6-13)16-12(14-10)15-7-8-3-4-9(15)5-8/h8-9H,2-7,13H2,1H3. The van der Waals surface area contributed by atoms with Gasteiger partial charge in [-0.3, -0.25) is 0 Å². The smallest absolute Gasteiger partial charge is 0.186 e. The Hall–Kier alpha value is -0.610. The molecule has 0 spiro atoms. The lowest BCUT2D eigenvalue weighted by Crippen LogP contribution is -2.31. The molecular formula is C12H19N3S. The van der Waals surface area contributed by atoms with E-state index >= 15 is 0 Å². The predicted octanol–water partition coefficient (Wildman–Crippen LogP) is 2.15. The molecule has 2 fully saturated rings. The molecule has 0 amide bonds. The van der Waals surface area contributed by atoms with Crippen LogP contribution < -0.4 is 10.6 Å². The van der Waals surface area contributed by atoms with Gasteiger partial charge in [0.25, 0.3) is 0 Å². The summed E-state index contributed by atoms with van der Waals surface area (Å²) in [5, 5.41) is 1.23. The van der Waals surface area contributed by atoms with Gasteiger partial charge in [0.05, 0.1) is 5.69 Å². The third-order valence-electron chi connectivity index (χ3n) is 3.94. The van der Waals surface area contributed by atoms with E-state index in [0.717, 1.165) is 18.4 Å². The molecule has 3 nitrogen and oxygen atoms in total. The van der Waals surface area contributed by atoms with Crippen LogP contribution in [0.5, 0.6) is 0 Å². The summed E-state index contributed by atoms with van der Waals surface area (Å²) >= 11 is 1.81. The minimum absolute atomic E-state index is 0.642. The van der Waals surface area contributed by atoms with Gasteiger partial charge in [-0.15, -0.1) is 11.3 Å². The number of aromatic nitrogens is 1. The van der Waals surface area contributed by atoms with Crippen molar-refractivity contribution in [1.29, 1.82) is 0 Å². The van der Waals surface area contributed by atoms with Crippen molar-refractivity contribution in [2.24, 2.45) is 11.7 Å². The quantitative estimate of drug-likeness (QED) is 0.876. The summed E-state index contributed by atoms with van der Waals surface area (Å²) in [5.41, 5.74) is 6.98. The molecule has 1 saturated carbocycles. The van der Waals surface area contributed by atoms with E-state index in [0.29, 0.717) is 6.54 Å². The lowest BCUT2D eigenvalue weighted by atomic mass is 10.1. The number of anilines is 1. The molecule has 2 unspecified atom stereocenters. The van der Waals surface area contributed by atoms with Crippen LogP contribution in [0.25, 0.3) is 0 Å². The number of hydrogen-bond acceptors (Lipinski definition) is 4. The highest BCUT2D eigenvalue weighted by Crippen LogP contribution is 2.41. The van der Waals surface area contributed by atoms with Crippen molar-refractivity contribution in [3.63, 3.8) is 0 Å². The van der Waals surface area contributed by atoms with E-state index in [-0.39, 0.29) is 0 Å². The van der Waals surface area contributed by atoms with E-state index in [1.54, 1.807) is 0 Å². The van der Waals surface area contributed by atoms with Crippen LogP contribution in [-0.4, -0.2) is 17.6 Å². The van der Waals surface area contributed by atoms with Gasteiger partial charge in [0.2, 0.25) is 0 Å². The van der Waals surface area contributed by atoms with Crippen molar-refractivity contribution in [2.45, 2.75) is 45.2 Å². The molecule has 2 heterocycles. The third kappa shape index (κ3) is 1.55. The second kappa shape index (κ2) is 4.00. The zero-order chi connectivity index (χ0) is 11.1. The molecule has 2 bridgehead atoms. The number of nitrogens with zero attached hydrogens (tertiary/aromatic N) is 2. The Morgan fingerprint density at radius 2 is 2.38 bits per heavy atom. The van der Waals surface area contributed by atoms with Crippen molar-refractivity contribution in [3.05, 3.63) is 10.6 Å². The Bertz CT molecular complexity index is 366. The summed E-state index contributed by atoms with van der Waals surface area (Å²) in [6.45, 7) is 4.03. The Morgan fingerprint density at radius 1 is 1.50 bits per heavy atom. The molecule has 0 aromatic carbocycles. The minimum Gasteiger partial charge on any atom is -0.345 e. The van der Waals surface area contributed by atoms with E-state index < -0.39 is 0 Å². The van der Waals surface area contributed by atoms with Crippen LogP contribution in [0.3, 0.4) is 0 Å². The van der Waals surface area contributed by atoms with Gasteiger partial charge >= 0.3 is 0 Å². The van der Waals surface area contributed by atoms with Crippen LogP contribution in [0.2, 0.25) is 0 Å². The van der Waals surface area contributed by atoms with Gasteiger partial charge in [0.1, 0.15) is 0 Å². The Kier molecular flexibility index (Phi) is 2.64. The second-order valence-corrected chi connectivity index (χ2v) is 5.97. The van der Waals surface area contributed by atoms with E-state index in [2.05, 4.69) is 11.8 Å². The molecule has 4 heteroatoms. The summed E-state index contributed by atoms with van der Waals surface area (Å²) in [4.78, 5) is 8.57. The number of hydrogen-bond donors (Lipinski definition) is 1. The highest BCUT2D eigenvalue weighted by molar-refractivity contribution is 7.15. The van der Waals surface area contributed by atoms with Gasteiger partial charge < -0.3 is 10.6 Å². The SMILES string of the molecule is CCc1nc(N2CC3CCC2C3)sc1CN. The minimum atomic E-state index is 0.642. The second-order valence-electron chi connectivity index (χ2n) is 4.91. The average molecular weight is 237 g/mol. The van der Waals surface area contributed by atoms with Crippen LogP contribution >= 0.6 is 11.3 Å². The van der Waals surface area contributed by atoms with Crippen molar-refractivity contribution in [1.82, 2.24) is 4.98 Å². The monoisotopic (exact) mass is 237 g/mol. The molecule has 1 saturated heterocycles. The highest BCUT2D eigenvalue weighted by Gasteiger charge is 2.39. The topological polar surface area (TPSA) is 42.2 Å². The van der Waals surface area contributed by atoms with Gasteiger partial charge in [-0.25, -0.2) is 4.98 Å². The van der Waals surface area contributed by atoms with E-state index in [1.807, 2.05) is 11.3 Å². The molecule has 16 heavy (non-hydrogen) atoms. The molecule has 2 atom stereocenters. The maximum Gasteiger partial charge on any atom is 0.186 e. The van der Waals surface area contributed by atoms with E-state index in [9.17, 15) is 0 Å². The fourth-order valence-electron chi connectivity index (χ4n) is 3.09. The van der Waals surface area contributed by atoms with Gasteiger partial charge in [0.15, 0.2) is 5.13 Å². The summed E-state index contributed by atoms with van der Waals surface area (Å²) < 4.78 is 0. The normalized spacial score (nSPS) is 28.0. The van der Waals surface area contributed by atoms with Crippen molar-refractivity contribution in [2.75, 3.05) is 11.4 Å². The number of fused-ring (bicyclic) bond motifs is 2. The first-order valence-electron chi connectivity index (χ1n) is 6.27. The zero-order valence-electron chi connectivity index (χ0n) is 9.78. The third-order valence-corrected chi connectivity index (χ3v) is 5.10. The Morgan fingerprint density at radius 3 is 2.88 bits per heavy atom. The number of aryl methyl sites for hydroxylation is 1. The molecule has 1 aliphatic carbocycles. The summed E-state index contributed by atoms with van der Waals surface area (Å²) in [5.74, 6) is 0.931. The first-order valence-corrected chi connectivity index (χ1v) is 7.08. The molecule has 1 aliphatic heterocycles. The molecule has 2 N–H and O–H groups in total. The molecule has 2 aliphatic rings. The fraction of sp³-hybridized carbons (Fsp3) is 0.750. The maximum atomic E-state index is 5.77. The summed E-state index contributed by atoms with van der Waals surface area (Å²) in [6, 6.07) is 0.770. The highest BCUT2D eigenvalue weighted by atomic mass is 32.1. The van der Waals surface area contributed by atoms with Crippen molar-refractivity contribution in [3.8, 4) is 0 Å². The van der Waals surface area contributed by atoms with Crippen molar-refractivity contribution >= 4 is 16.5 Å². The maximum absolute atomic E-state index is 5.77. The first-order chi connectivity index (χ1) is 7.81. The molecule has 0 radical (unpaired) electrons. The molecule has 1 aromatic heterocycles. The first kappa shape index (κ1) is 10.5. The van der Waals surface area contributed by atoms with Crippen LogP contribution in [0, 0.1) is 5.92 Å². The van der Waals surface area contributed by atoms with Crippen LogP contribution in [0.15, 0.2) is 0 Å². The largest absolute Gasteiger partial charge is 0.345 e. The van der Waals surface area contributed by atoms with Gasteiger partial charge in [-0.05, 0) is 31.6 Å². The number of rotatable bonds is 3. The lowest BCUT2D eigenvalue weighted by molar-refractivity contribution is 0.552. The summed E-state index contributed by atoms with van der Waals surface area (Å²) in [6.07, 6.45) is 5.19. The fourth-order valence-corrected chi connectivity index (χ4v) is 4.20. The van der Waals surface area contributed by atoms with Gasteiger partial charge in [0, 0.05) is 24.0 Å². The van der Waals surface area contributed by atoms with Crippen LogP contribution in [0.1, 0.15) is 36.8 Å². The molecule has 1 aromatic rings. The Balaban J connectivity index is 1.86. The molecule has 88 valence electrons.